The van der Waals surface area contributed by atoms with Crippen molar-refractivity contribution in [3.8, 4) is 11.5 Å². The Morgan fingerprint density at radius 3 is 2.86 bits per heavy atom. The second-order valence-corrected chi connectivity index (χ2v) is 5.40. The maximum absolute atomic E-state index is 9.56. The highest BCUT2D eigenvalue weighted by Gasteiger charge is 2.13. The number of hydrogen-bond acceptors (Lipinski definition) is 4. The van der Waals surface area contributed by atoms with E-state index < -0.39 is 0 Å². The molecule has 1 aromatic carbocycles. The summed E-state index contributed by atoms with van der Waals surface area (Å²) in [5.41, 5.74) is 0.823. The molecule has 0 saturated heterocycles. The van der Waals surface area contributed by atoms with Crippen LogP contribution in [0.1, 0.15) is 15.6 Å². The molecule has 1 heterocycles. The van der Waals surface area contributed by atoms with Gasteiger partial charge in [-0.25, -0.2) is 0 Å². The fraction of sp³-hybridized carbons (Fsp3) is 0.200. The average molecular weight is 369 g/mol. The molecule has 6 heteroatoms. The zero-order valence-corrected chi connectivity index (χ0v) is 14.3. The molecule has 2 rings (SSSR count). The zero-order chi connectivity index (χ0) is 14.5. The summed E-state index contributed by atoms with van der Waals surface area (Å²) in [6.45, 7) is 6.37. The minimum Gasteiger partial charge on any atom is -1.00 e. The number of methoxy groups -OCH3 is 1. The maximum Gasteiger partial charge on any atom is 0.289 e. The van der Waals surface area contributed by atoms with Gasteiger partial charge in [-0.3, -0.25) is 0 Å². The number of allylic oxidation sites excluding steroid dienone is 1. The van der Waals surface area contributed by atoms with E-state index in [-0.39, 0.29) is 22.7 Å². The molecule has 2 aromatic rings. The average Bonchev–Trinajstić information content (AvgIpc) is 2.77. The van der Waals surface area contributed by atoms with Gasteiger partial charge in [0.05, 0.1) is 7.11 Å². The van der Waals surface area contributed by atoms with E-state index in [1.807, 2.05) is 29.8 Å². The molecule has 1 N–H and O–H groups in total. The molecule has 0 amide bonds. The van der Waals surface area contributed by atoms with Crippen LogP contribution in [0.15, 0.2) is 30.9 Å². The van der Waals surface area contributed by atoms with E-state index in [1.165, 1.54) is 0 Å². The molecule has 21 heavy (non-hydrogen) atoms. The number of halogens is 1. The number of hydrogen-bond donors (Lipinski definition) is 1. The van der Waals surface area contributed by atoms with Crippen molar-refractivity contribution in [2.75, 3.05) is 7.11 Å². The van der Waals surface area contributed by atoms with Gasteiger partial charge in [0, 0.05) is 16.7 Å². The Bertz CT molecular complexity index is 653. The monoisotopic (exact) mass is 368 g/mol. The van der Waals surface area contributed by atoms with Crippen LogP contribution in [0.5, 0.6) is 11.5 Å². The number of phenolic OH excluding ortho intramolecular Hbond substituents is 1. The van der Waals surface area contributed by atoms with E-state index >= 15 is 0 Å². The quantitative estimate of drug-likeness (QED) is 0.587. The Kier molecular flexibility index (Phi) is 6.58. The number of phenols is 1. The van der Waals surface area contributed by atoms with Crippen LogP contribution in [0.2, 0.25) is 0 Å². The topological polar surface area (TPSA) is 46.2 Å². The lowest BCUT2D eigenvalue weighted by atomic mass is 10.2. The molecule has 0 aliphatic heterocycles. The van der Waals surface area contributed by atoms with Crippen LogP contribution in [-0.4, -0.2) is 17.3 Å². The van der Waals surface area contributed by atoms with Crippen molar-refractivity contribution >= 4 is 23.5 Å². The molecule has 0 aliphatic rings. The predicted molar refractivity (Wildman–Crippen MR) is 80.8 cm³/mol. The highest BCUT2D eigenvalue weighted by Crippen LogP contribution is 2.25. The Morgan fingerprint density at radius 1 is 1.43 bits per heavy atom. The Morgan fingerprint density at radius 2 is 2.19 bits per heavy atom. The number of aromatic hydroxyl groups is 1. The summed E-state index contributed by atoms with van der Waals surface area (Å²) in [6.07, 6.45) is 5.68. The molecule has 0 atom stereocenters. The van der Waals surface area contributed by atoms with Gasteiger partial charge in [-0.1, -0.05) is 11.3 Å². The lowest BCUT2D eigenvalue weighted by Gasteiger charge is -2.04. The van der Waals surface area contributed by atoms with Gasteiger partial charge in [-0.05, 0) is 48.6 Å². The van der Waals surface area contributed by atoms with Crippen LogP contribution in [0.4, 0.5) is 0 Å². The Hall–Kier alpha value is -1.66. The third-order valence-electron chi connectivity index (χ3n) is 2.69. The molecular weight excluding hydrogens is 352 g/mol. The summed E-state index contributed by atoms with van der Waals surface area (Å²) in [5, 5.41) is 16.0. The lowest BCUT2D eigenvalue weighted by molar-refractivity contribution is -0.741. The first-order chi connectivity index (χ1) is 9.63. The molecular formula is C15H17BrN2O2S. The van der Waals surface area contributed by atoms with Gasteiger partial charge in [0.25, 0.3) is 5.01 Å². The summed E-state index contributed by atoms with van der Waals surface area (Å²) in [7, 11) is 1.61. The first kappa shape index (κ1) is 17.4. The first-order valence-electron chi connectivity index (χ1n) is 6.17. The molecule has 0 radical (unpaired) electrons. The van der Waals surface area contributed by atoms with Crippen molar-refractivity contribution in [1.29, 1.82) is 0 Å². The van der Waals surface area contributed by atoms with Crippen LogP contribution in [0.25, 0.3) is 12.2 Å². The van der Waals surface area contributed by atoms with Crippen molar-refractivity contribution in [2.45, 2.75) is 13.5 Å². The fourth-order valence-electron chi connectivity index (χ4n) is 1.83. The van der Waals surface area contributed by atoms with Crippen LogP contribution in [-0.2, 0) is 6.54 Å². The first-order valence-corrected chi connectivity index (χ1v) is 6.99. The summed E-state index contributed by atoms with van der Waals surface area (Å²) >= 11 is 1.61. The van der Waals surface area contributed by atoms with Gasteiger partial charge in [-0.2, -0.15) is 0 Å². The standard InChI is InChI=1S/C15H16N2O2S.BrH/c1-4-9-17-15(20-11(2)16-17)8-5-12-10-13(18)6-7-14(12)19-3;/h4-8,10H,1,9H2,2-3H3;1H. The highest BCUT2D eigenvalue weighted by molar-refractivity contribution is 7.11. The molecule has 112 valence electrons. The van der Waals surface area contributed by atoms with Crippen LogP contribution in [0, 0.1) is 6.92 Å². The number of ether oxygens (including phenoxy) is 1. The second kappa shape index (κ2) is 7.95. The third kappa shape index (κ3) is 4.41. The van der Waals surface area contributed by atoms with E-state index in [2.05, 4.69) is 11.7 Å². The second-order valence-electron chi connectivity index (χ2n) is 4.19. The van der Waals surface area contributed by atoms with E-state index in [1.54, 1.807) is 36.6 Å². The van der Waals surface area contributed by atoms with Crippen molar-refractivity contribution in [3.05, 3.63) is 46.4 Å². The number of rotatable bonds is 5. The summed E-state index contributed by atoms with van der Waals surface area (Å²) in [6, 6.07) is 5.01. The fourth-order valence-corrected chi connectivity index (χ4v) is 2.63. The van der Waals surface area contributed by atoms with Crippen LogP contribution < -0.4 is 26.4 Å². The summed E-state index contributed by atoms with van der Waals surface area (Å²) in [4.78, 5) is 0. The Labute approximate surface area is 138 Å². The molecule has 0 fully saturated rings. The van der Waals surface area contributed by atoms with Crippen LogP contribution >= 0.6 is 11.3 Å². The van der Waals surface area contributed by atoms with Crippen molar-refractivity contribution in [1.82, 2.24) is 5.10 Å². The molecule has 0 saturated carbocycles. The van der Waals surface area contributed by atoms with E-state index in [0.717, 1.165) is 21.3 Å². The van der Waals surface area contributed by atoms with E-state index in [0.29, 0.717) is 6.54 Å². The van der Waals surface area contributed by atoms with Crippen LogP contribution in [0.3, 0.4) is 0 Å². The summed E-state index contributed by atoms with van der Waals surface area (Å²) < 4.78 is 7.16. The van der Waals surface area contributed by atoms with Crippen molar-refractivity contribution in [3.63, 3.8) is 0 Å². The molecule has 4 nitrogen and oxygen atoms in total. The predicted octanol–water partition coefficient (Wildman–Crippen LogP) is -0.186. The molecule has 1 aromatic heterocycles. The number of benzene rings is 1. The van der Waals surface area contributed by atoms with Crippen molar-refractivity contribution < 1.29 is 31.5 Å². The minimum absolute atomic E-state index is 0. The number of aromatic nitrogens is 2. The smallest absolute Gasteiger partial charge is 0.289 e. The van der Waals surface area contributed by atoms with Gasteiger partial charge in [0.15, 0.2) is 11.6 Å². The highest BCUT2D eigenvalue weighted by atomic mass is 79.9. The summed E-state index contributed by atoms with van der Waals surface area (Å²) in [5.74, 6) is 0.931. The zero-order valence-electron chi connectivity index (χ0n) is 11.9. The number of nitrogens with zero attached hydrogens (tertiary/aromatic N) is 2. The molecule has 0 bridgehead atoms. The van der Waals surface area contributed by atoms with Gasteiger partial charge in [0.1, 0.15) is 11.5 Å². The van der Waals surface area contributed by atoms with Gasteiger partial charge >= 0.3 is 0 Å². The molecule has 0 spiro atoms. The number of aryl methyl sites for hydroxylation is 1. The van der Waals surface area contributed by atoms with E-state index in [4.69, 9.17) is 4.74 Å². The van der Waals surface area contributed by atoms with Gasteiger partial charge < -0.3 is 26.8 Å². The Balaban J connectivity index is 0.00000220. The molecule has 0 unspecified atom stereocenters. The van der Waals surface area contributed by atoms with Gasteiger partial charge in [0.2, 0.25) is 0 Å². The SMILES string of the molecule is C=CC[n+]1nc(C)sc1C=Cc1cc(O)ccc1OC.[Br-]. The van der Waals surface area contributed by atoms with E-state index in [9.17, 15) is 5.11 Å². The maximum atomic E-state index is 9.56. The largest absolute Gasteiger partial charge is 1.00 e. The lowest BCUT2D eigenvalue weighted by Crippen LogP contribution is -3.00. The third-order valence-corrected chi connectivity index (χ3v) is 3.62. The van der Waals surface area contributed by atoms with Gasteiger partial charge in [-0.15, -0.1) is 0 Å². The minimum atomic E-state index is 0. The molecule has 0 aliphatic carbocycles. The normalized spacial score (nSPS) is 10.4. The van der Waals surface area contributed by atoms with Crippen molar-refractivity contribution in [2.24, 2.45) is 0 Å².